The number of fused-ring (bicyclic) bond motifs is 1. The highest BCUT2D eigenvalue weighted by Crippen LogP contribution is 2.34. The molecule has 1 aliphatic heterocycles. The molecule has 1 atom stereocenters. The minimum absolute atomic E-state index is 0.114. The second kappa shape index (κ2) is 8.08. The summed E-state index contributed by atoms with van der Waals surface area (Å²) in [5, 5.41) is 7.11. The van der Waals surface area contributed by atoms with Crippen molar-refractivity contribution in [1.29, 1.82) is 0 Å². The third-order valence-corrected chi connectivity index (χ3v) is 4.85. The molecule has 0 fully saturated rings. The lowest BCUT2D eigenvalue weighted by atomic mass is 10.2. The molecule has 30 heavy (non-hydrogen) atoms. The number of anilines is 1. The van der Waals surface area contributed by atoms with E-state index in [1.807, 2.05) is 30.3 Å². The zero-order chi connectivity index (χ0) is 21.3. The van der Waals surface area contributed by atoms with E-state index in [0.29, 0.717) is 28.6 Å². The van der Waals surface area contributed by atoms with Gasteiger partial charge in [-0.15, -0.1) is 0 Å². The molecule has 0 aliphatic carbocycles. The molecule has 1 aliphatic rings. The molecule has 2 aromatic carbocycles. The molecule has 0 saturated carbocycles. The standard InChI is InChI=1S/C21H18ClN3O5/c1-12-18(19(22)25(24-12)15-6-4-3-5-7-15)21(27)30-13(2)20(26)23-14-8-9-16-17(10-14)29-11-28-16/h3-10,13H,11H2,1-2H3,(H,23,26)/t13-/m0/s1. The van der Waals surface area contributed by atoms with Crippen molar-refractivity contribution >= 4 is 29.2 Å². The average molecular weight is 428 g/mol. The van der Waals surface area contributed by atoms with Gasteiger partial charge in [-0.3, -0.25) is 4.79 Å². The molecule has 4 rings (SSSR count). The van der Waals surface area contributed by atoms with Gasteiger partial charge < -0.3 is 19.5 Å². The number of carbonyl (C=O) groups is 2. The molecule has 0 spiro atoms. The highest BCUT2D eigenvalue weighted by molar-refractivity contribution is 6.33. The van der Waals surface area contributed by atoms with Crippen LogP contribution in [-0.2, 0) is 9.53 Å². The lowest BCUT2D eigenvalue weighted by molar-refractivity contribution is -0.123. The Morgan fingerprint density at radius 1 is 1.17 bits per heavy atom. The fourth-order valence-electron chi connectivity index (χ4n) is 2.96. The summed E-state index contributed by atoms with van der Waals surface area (Å²) in [6.07, 6.45) is -1.06. The molecule has 0 bridgehead atoms. The van der Waals surface area contributed by atoms with Gasteiger partial charge in [0.15, 0.2) is 17.6 Å². The van der Waals surface area contributed by atoms with Crippen LogP contribution in [0.25, 0.3) is 5.69 Å². The first-order chi connectivity index (χ1) is 14.4. The van der Waals surface area contributed by atoms with E-state index in [0.717, 1.165) is 0 Å². The Balaban J connectivity index is 1.46. The van der Waals surface area contributed by atoms with Crippen LogP contribution < -0.4 is 14.8 Å². The maximum Gasteiger partial charge on any atom is 0.344 e. The molecule has 0 saturated heterocycles. The monoisotopic (exact) mass is 427 g/mol. The molecular formula is C21H18ClN3O5. The van der Waals surface area contributed by atoms with E-state index in [9.17, 15) is 9.59 Å². The first-order valence-electron chi connectivity index (χ1n) is 9.16. The number of aromatic nitrogens is 2. The number of para-hydroxylation sites is 1. The number of rotatable bonds is 5. The zero-order valence-corrected chi connectivity index (χ0v) is 17.0. The molecule has 9 heteroatoms. The van der Waals surface area contributed by atoms with Gasteiger partial charge in [0.25, 0.3) is 5.91 Å². The number of nitrogens with one attached hydrogen (secondary N) is 1. The summed E-state index contributed by atoms with van der Waals surface area (Å²) in [6.45, 7) is 3.27. The number of amides is 1. The SMILES string of the molecule is Cc1nn(-c2ccccc2)c(Cl)c1C(=O)O[C@@H](C)C(=O)Nc1ccc2c(c1)OCO2. The van der Waals surface area contributed by atoms with Gasteiger partial charge in [-0.2, -0.15) is 5.10 Å². The Labute approximate surface area is 177 Å². The van der Waals surface area contributed by atoms with Crippen LogP contribution in [0.3, 0.4) is 0 Å². The van der Waals surface area contributed by atoms with E-state index in [1.165, 1.54) is 11.6 Å². The predicted octanol–water partition coefficient (Wildman–Crippen LogP) is 3.75. The van der Waals surface area contributed by atoms with E-state index in [1.54, 1.807) is 25.1 Å². The van der Waals surface area contributed by atoms with Crippen LogP contribution >= 0.6 is 11.6 Å². The van der Waals surface area contributed by atoms with Gasteiger partial charge in [0, 0.05) is 11.8 Å². The van der Waals surface area contributed by atoms with E-state index >= 15 is 0 Å². The zero-order valence-electron chi connectivity index (χ0n) is 16.2. The van der Waals surface area contributed by atoms with Gasteiger partial charge in [0.05, 0.1) is 11.4 Å². The number of halogens is 1. The predicted molar refractivity (Wildman–Crippen MR) is 109 cm³/mol. The van der Waals surface area contributed by atoms with Crippen molar-refractivity contribution in [3.63, 3.8) is 0 Å². The number of hydrogen-bond acceptors (Lipinski definition) is 6. The normalized spacial score (nSPS) is 13.0. The van der Waals surface area contributed by atoms with Crippen LogP contribution in [-0.4, -0.2) is 34.6 Å². The van der Waals surface area contributed by atoms with Crippen molar-refractivity contribution in [3.8, 4) is 17.2 Å². The Morgan fingerprint density at radius 3 is 2.67 bits per heavy atom. The molecule has 1 amide bonds. The summed E-state index contributed by atoms with van der Waals surface area (Å²) in [7, 11) is 0. The van der Waals surface area contributed by atoms with Gasteiger partial charge in [-0.1, -0.05) is 29.8 Å². The number of carbonyl (C=O) groups excluding carboxylic acids is 2. The second-order valence-electron chi connectivity index (χ2n) is 6.60. The number of hydrogen-bond donors (Lipinski definition) is 1. The van der Waals surface area contributed by atoms with E-state index in [2.05, 4.69) is 10.4 Å². The van der Waals surface area contributed by atoms with Gasteiger partial charge in [0.2, 0.25) is 6.79 Å². The summed E-state index contributed by atoms with van der Waals surface area (Å²) in [5.74, 6) is -0.0827. The summed E-state index contributed by atoms with van der Waals surface area (Å²) < 4.78 is 17.3. The highest BCUT2D eigenvalue weighted by Gasteiger charge is 2.26. The van der Waals surface area contributed by atoms with Crippen LogP contribution in [0.4, 0.5) is 5.69 Å². The number of benzene rings is 2. The van der Waals surface area contributed by atoms with Gasteiger partial charge in [-0.05, 0) is 38.1 Å². The van der Waals surface area contributed by atoms with Gasteiger partial charge >= 0.3 is 5.97 Å². The van der Waals surface area contributed by atoms with Crippen molar-refractivity contribution in [3.05, 3.63) is 64.9 Å². The van der Waals surface area contributed by atoms with Crippen molar-refractivity contribution in [2.24, 2.45) is 0 Å². The van der Waals surface area contributed by atoms with E-state index in [4.69, 9.17) is 25.8 Å². The Hall–Kier alpha value is -3.52. The summed E-state index contributed by atoms with van der Waals surface area (Å²) in [6, 6.07) is 14.2. The van der Waals surface area contributed by atoms with Crippen molar-refractivity contribution in [2.45, 2.75) is 20.0 Å². The first kappa shape index (κ1) is 19.8. The topological polar surface area (TPSA) is 91.7 Å². The lowest BCUT2D eigenvalue weighted by Crippen LogP contribution is -2.30. The number of ether oxygens (including phenoxy) is 3. The maximum atomic E-state index is 12.7. The van der Waals surface area contributed by atoms with Crippen molar-refractivity contribution < 1.29 is 23.8 Å². The number of aryl methyl sites for hydroxylation is 1. The van der Waals surface area contributed by atoms with Crippen LogP contribution in [0, 0.1) is 6.92 Å². The third-order valence-electron chi connectivity index (χ3n) is 4.50. The fourth-order valence-corrected chi connectivity index (χ4v) is 3.31. The fraction of sp³-hybridized carbons (Fsp3) is 0.190. The Bertz CT molecular complexity index is 1110. The molecule has 1 aromatic heterocycles. The third kappa shape index (κ3) is 3.81. The van der Waals surface area contributed by atoms with Crippen molar-refractivity contribution in [2.75, 3.05) is 12.1 Å². The highest BCUT2D eigenvalue weighted by atomic mass is 35.5. The molecule has 154 valence electrons. The summed E-state index contributed by atoms with van der Waals surface area (Å²) in [4.78, 5) is 25.1. The molecule has 2 heterocycles. The van der Waals surface area contributed by atoms with E-state index < -0.39 is 18.0 Å². The first-order valence-corrected chi connectivity index (χ1v) is 9.54. The Morgan fingerprint density at radius 2 is 1.90 bits per heavy atom. The van der Waals surface area contributed by atoms with E-state index in [-0.39, 0.29) is 17.5 Å². The second-order valence-corrected chi connectivity index (χ2v) is 6.96. The largest absolute Gasteiger partial charge is 0.454 e. The summed E-state index contributed by atoms with van der Waals surface area (Å²) in [5.41, 5.74) is 1.72. The Kier molecular flexibility index (Phi) is 5.33. The molecule has 8 nitrogen and oxygen atoms in total. The maximum absolute atomic E-state index is 12.7. The van der Waals surface area contributed by atoms with Crippen molar-refractivity contribution in [1.82, 2.24) is 9.78 Å². The minimum Gasteiger partial charge on any atom is -0.454 e. The molecule has 3 aromatic rings. The lowest BCUT2D eigenvalue weighted by Gasteiger charge is -2.14. The van der Waals surface area contributed by atoms with Crippen LogP contribution in [0.15, 0.2) is 48.5 Å². The van der Waals surface area contributed by atoms with Crippen LogP contribution in [0.5, 0.6) is 11.5 Å². The van der Waals surface area contributed by atoms with Gasteiger partial charge in [-0.25, -0.2) is 9.48 Å². The smallest absolute Gasteiger partial charge is 0.344 e. The number of esters is 1. The quantitative estimate of drug-likeness (QED) is 0.623. The van der Waals surface area contributed by atoms with Gasteiger partial charge in [0.1, 0.15) is 10.7 Å². The molecule has 0 unspecified atom stereocenters. The van der Waals surface area contributed by atoms with Crippen LogP contribution in [0.1, 0.15) is 23.0 Å². The minimum atomic E-state index is -1.06. The molecular weight excluding hydrogens is 410 g/mol. The average Bonchev–Trinajstić information content (AvgIpc) is 3.31. The molecule has 0 radical (unpaired) electrons. The molecule has 1 N–H and O–H groups in total. The number of nitrogens with zero attached hydrogens (tertiary/aromatic N) is 2. The summed E-state index contributed by atoms with van der Waals surface area (Å²) >= 11 is 6.38. The van der Waals surface area contributed by atoms with Crippen LogP contribution in [0.2, 0.25) is 5.15 Å².